The molecule has 1 unspecified atom stereocenters. The third-order valence-electron chi connectivity index (χ3n) is 6.93. The van der Waals surface area contributed by atoms with Crippen LogP contribution in [0.2, 0.25) is 0 Å². The quantitative estimate of drug-likeness (QED) is 0.512. The summed E-state index contributed by atoms with van der Waals surface area (Å²) in [5.41, 5.74) is 0. The largest absolute Gasteiger partial charge is 0.357 e. The number of rotatable bonds is 7. The van der Waals surface area contributed by atoms with Crippen LogP contribution >= 0.6 is 0 Å². The van der Waals surface area contributed by atoms with E-state index in [4.69, 9.17) is 4.99 Å². The average Bonchev–Trinajstić information content (AvgIpc) is 3.46. The van der Waals surface area contributed by atoms with Crippen LogP contribution in [0.25, 0.3) is 0 Å². The molecule has 7 nitrogen and oxygen atoms in total. The third kappa shape index (κ3) is 6.07. The number of hydrogen-bond acceptors (Lipinski definition) is 4. The van der Waals surface area contributed by atoms with Crippen molar-refractivity contribution in [2.24, 2.45) is 4.99 Å². The minimum absolute atomic E-state index is 0.00478. The Balaban J connectivity index is 1.46. The van der Waals surface area contributed by atoms with Crippen LogP contribution < -0.4 is 5.32 Å². The van der Waals surface area contributed by atoms with Crippen LogP contribution in [0.15, 0.2) is 4.99 Å². The van der Waals surface area contributed by atoms with Gasteiger partial charge in [-0.15, -0.1) is 0 Å². The van der Waals surface area contributed by atoms with Crippen LogP contribution in [0, 0.1) is 0 Å². The number of aliphatic imine (C=N–C) groups is 1. The van der Waals surface area contributed by atoms with Crippen molar-refractivity contribution in [2.45, 2.75) is 64.5 Å². The first kappa shape index (κ1) is 22.3. The molecule has 3 rings (SSSR count). The molecule has 1 atom stereocenters. The zero-order valence-corrected chi connectivity index (χ0v) is 18.9. The van der Waals surface area contributed by atoms with E-state index in [1.54, 1.807) is 0 Å². The zero-order valence-electron chi connectivity index (χ0n) is 18.9. The van der Waals surface area contributed by atoms with Crippen LogP contribution in [-0.2, 0) is 4.79 Å². The van der Waals surface area contributed by atoms with E-state index in [1.807, 2.05) is 4.90 Å². The fourth-order valence-electron chi connectivity index (χ4n) is 4.95. The molecular weight excluding hydrogens is 364 g/mol. The number of likely N-dealkylation sites (N-methyl/N-ethyl adjacent to an activating group) is 1. The van der Waals surface area contributed by atoms with Crippen LogP contribution in [0.5, 0.6) is 0 Å². The molecule has 0 spiro atoms. The summed E-state index contributed by atoms with van der Waals surface area (Å²) in [5.74, 6) is 1.34. The molecule has 0 aromatic heterocycles. The van der Waals surface area contributed by atoms with Gasteiger partial charge in [-0.1, -0.05) is 12.8 Å². The molecule has 1 amide bonds. The zero-order chi connectivity index (χ0) is 20.6. The average molecular weight is 407 g/mol. The second-order valence-corrected chi connectivity index (χ2v) is 8.89. The first-order valence-corrected chi connectivity index (χ1v) is 11.9. The highest BCUT2D eigenvalue weighted by molar-refractivity contribution is 5.82. The molecule has 29 heavy (non-hydrogen) atoms. The minimum Gasteiger partial charge on any atom is -0.357 e. The Labute approximate surface area is 177 Å². The van der Waals surface area contributed by atoms with Crippen molar-refractivity contribution in [3.63, 3.8) is 0 Å². The van der Waals surface area contributed by atoms with Gasteiger partial charge < -0.3 is 20.0 Å². The van der Waals surface area contributed by atoms with E-state index in [-0.39, 0.29) is 6.04 Å². The Morgan fingerprint density at radius 2 is 1.69 bits per heavy atom. The maximum absolute atomic E-state index is 12.7. The van der Waals surface area contributed by atoms with Crippen LogP contribution in [0.4, 0.5) is 0 Å². The Morgan fingerprint density at radius 1 is 1.03 bits per heavy atom. The molecule has 2 heterocycles. The smallest absolute Gasteiger partial charge is 0.239 e. The molecule has 0 aromatic rings. The SMILES string of the molecule is CCNC(=NCCN(C)C1CCCC1)N1CCN(C(C)C(=O)N2CCCC2)CC1. The Bertz CT molecular complexity index is 533. The standard InChI is InChI=1S/C22H42N6O/c1-4-23-22(24-11-14-25(3)20-9-5-6-10-20)28-17-15-26(16-18-28)19(2)21(29)27-12-7-8-13-27/h19-20H,4-18H2,1-3H3,(H,23,24). The van der Waals surface area contributed by atoms with Crippen LogP contribution in [-0.4, -0.2) is 110 Å². The van der Waals surface area contributed by atoms with Gasteiger partial charge in [-0.2, -0.15) is 0 Å². The van der Waals surface area contributed by atoms with Crippen LogP contribution in [0.1, 0.15) is 52.4 Å². The molecule has 2 aliphatic heterocycles. The summed E-state index contributed by atoms with van der Waals surface area (Å²) in [6, 6.07) is 0.751. The van der Waals surface area contributed by atoms with E-state index < -0.39 is 0 Å². The van der Waals surface area contributed by atoms with Crippen LogP contribution in [0.3, 0.4) is 0 Å². The summed E-state index contributed by atoms with van der Waals surface area (Å²) >= 11 is 0. The molecule has 0 aromatic carbocycles. The molecule has 0 bridgehead atoms. The molecule has 166 valence electrons. The summed E-state index contributed by atoms with van der Waals surface area (Å²) < 4.78 is 0. The van der Waals surface area contributed by atoms with Gasteiger partial charge in [0.15, 0.2) is 5.96 Å². The van der Waals surface area contributed by atoms with Gasteiger partial charge in [0.2, 0.25) is 5.91 Å². The number of nitrogens with zero attached hydrogens (tertiary/aromatic N) is 5. The third-order valence-corrected chi connectivity index (χ3v) is 6.93. The molecule has 1 aliphatic carbocycles. The number of piperazine rings is 1. The molecule has 3 aliphatic rings. The fourth-order valence-corrected chi connectivity index (χ4v) is 4.95. The van der Waals surface area contributed by atoms with E-state index >= 15 is 0 Å². The van der Waals surface area contributed by atoms with Crippen molar-refractivity contribution < 1.29 is 4.79 Å². The Hall–Kier alpha value is -1.34. The van der Waals surface area contributed by atoms with Gasteiger partial charge in [0.1, 0.15) is 0 Å². The maximum atomic E-state index is 12.7. The van der Waals surface area contributed by atoms with Crippen molar-refractivity contribution in [1.29, 1.82) is 0 Å². The summed E-state index contributed by atoms with van der Waals surface area (Å²) in [4.78, 5) is 26.9. The summed E-state index contributed by atoms with van der Waals surface area (Å²) in [6.07, 6.45) is 7.76. The number of guanidine groups is 1. The minimum atomic E-state index is -0.00478. The van der Waals surface area contributed by atoms with Gasteiger partial charge >= 0.3 is 0 Å². The van der Waals surface area contributed by atoms with Crippen molar-refractivity contribution in [2.75, 3.05) is 66.0 Å². The van der Waals surface area contributed by atoms with E-state index in [0.29, 0.717) is 5.91 Å². The first-order valence-electron chi connectivity index (χ1n) is 11.9. The number of hydrogen-bond donors (Lipinski definition) is 1. The van der Waals surface area contributed by atoms with E-state index in [2.05, 4.69) is 40.9 Å². The highest BCUT2D eigenvalue weighted by Gasteiger charge is 2.30. The lowest BCUT2D eigenvalue weighted by Crippen LogP contribution is -2.57. The number of carbonyl (C=O) groups excluding carboxylic acids is 1. The molecule has 3 fully saturated rings. The topological polar surface area (TPSA) is 54.4 Å². The molecule has 2 saturated heterocycles. The molecule has 0 radical (unpaired) electrons. The highest BCUT2D eigenvalue weighted by Crippen LogP contribution is 2.22. The van der Waals surface area contributed by atoms with Crippen molar-refractivity contribution >= 4 is 11.9 Å². The van der Waals surface area contributed by atoms with E-state index in [1.165, 1.54) is 25.7 Å². The summed E-state index contributed by atoms with van der Waals surface area (Å²) in [5, 5.41) is 3.47. The van der Waals surface area contributed by atoms with E-state index in [0.717, 1.165) is 83.7 Å². The molecular formula is C22H42N6O. The van der Waals surface area contributed by atoms with Gasteiger partial charge in [0.25, 0.3) is 0 Å². The number of likely N-dealkylation sites (tertiary alicyclic amines) is 1. The van der Waals surface area contributed by atoms with Gasteiger partial charge in [-0.3, -0.25) is 14.7 Å². The lowest BCUT2D eigenvalue weighted by Gasteiger charge is -2.39. The number of nitrogens with one attached hydrogen (secondary N) is 1. The van der Waals surface area contributed by atoms with Crippen molar-refractivity contribution in [1.82, 2.24) is 24.9 Å². The van der Waals surface area contributed by atoms with Gasteiger partial charge in [-0.25, -0.2) is 0 Å². The Morgan fingerprint density at radius 3 is 2.31 bits per heavy atom. The van der Waals surface area contributed by atoms with Gasteiger partial charge in [0, 0.05) is 58.4 Å². The van der Waals surface area contributed by atoms with Crippen molar-refractivity contribution in [3.05, 3.63) is 0 Å². The predicted molar refractivity (Wildman–Crippen MR) is 119 cm³/mol. The van der Waals surface area contributed by atoms with Crippen molar-refractivity contribution in [3.8, 4) is 0 Å². The van der Waals surface area contributed by atoms with Gasteiger partial charge in [0.05, 0.1) is 12.6 Å². The molecule has 1 N–H and O–H groups in total. The number of carbonyl (C=O) groups is 1. The fraction of sp³-hybridized carbons (Fsp3) is 0.909. The second kappa shape index (κ2) is 11.2. The summed E-state index contributed by atoms with van der Waals surface area (Å²) in [6.45, 7) is 12.6. The second-order valence-electron chi connectivity index (χ2n) is 8.89. The van der Waals surface area contributed by atoms with E-state index in [9.17, 15) is 4.79 Å². The normalized spacial score (nSPS) is 23.2. The molecule has 1 saturated carbocycles. The lowest BCUT2D eigenvalue weighted by molar-refractivity contribution is -0.135. The molecule has 7 heteroatoms. The Kier molecular flexibility index (Phi) is 8.60. The maximum Gasteiger partial charge on any atom is 0.239 e. The number of amides is 1. The lowest BCUT2D eigenvalue weighted by atomic mass is 10.2. The predicted octanol–water partition coefficient (Wildman–Crippen LogP) is 1.45. The first-order chi connectivity index (χ1) is 14.1. The van der Waals surface area contributed by atoms with Gasteiger partial charge in [-0.05, 0) is 46.6 Å². The highest BCUT2D eigenvalue weighted by atomic mass is 16.2. The summed E-state index contributed by atoms with van der Waals surface area (Å²) in [7, 11) is 2.25. The monoisotopic (exact) mass is 406 g/mol.